The molecular weight excluding hydrogens is 349 g/mol. The van der Waals surface area contributed by atoms with E-state index in [0.29, 0.717) is 11.3 Å². The van der Waals surface area contributed by atoms with Gasteiger partial charge >= 0.3 is 0 Å². The molecule has 0 aliphatic heterocycles. The number of benzene rings is 2. The molecule has 0 N–H and O–H groups in total. The van der Waals surface area contributed by atoms with Crippen LogP contribution in [0.1, 0.15) is 35.5 Å². The first-order chi connectivity index (χ1) is 12.5. The van der Waals surface area contributed by atoms with E-state index >= 15 is 0 Å². The molecule has 3 aromatic rings. The van der Waals surface area contributed by atoms with Crippen LogP contribution in [0.15, 0.2) is 47.6 Å². The zero-order valence-corrected chi connectivity index (χ0v) is 16.2. The Balaban J connectivity index is 1.69. The highest BCUT2D eigenvalue weighted by molar-refractivity contribution is 7.98. The van der Waals surface area contributed by atoms with E-state index in [0.717, 1.165) is 16.7 Å². The average Bonchev–Trinajstić information content (AvgIpc) is 2.98. The fourth-order valence-electron chi connectivity index (χ4n) is 2.61. The summed E-state index contributed by atoms with van der Waals surface area (Å²) in [6.07, 6.45) is -0.239. The van der Waals surface area contributed by atoms with Crippen LogP contribution in [0.4, 0.5) is 4.39 Å². The van der Waals surface area contributed by atoms with E-state index in [4.69, 9.17) is 4.74 Å². The van der Waals surface area contributed by atoms with E-state index < -0.39 is 0 Å². The van der Waals surface area contributed by atoms with Crippen LogP contribution in [-0.4, -0.2) is 14.8 Å². The van der Waals surface area contributed by atoms with Crippen molar-refractivity contribution in [3.05, 3.63) is 70.8 Å². The molecule has 0 fully saturated rings. The average molecular weight is 371 g/mol. The molecule has 1 unspecified atom stereocenters. The maximum absolute atomic E-state index is 13.8. The Labute approximate surface area is 157 Å². The van der Waals surface area contributed by atoms with Gasteiger partial charge < -0.3 is 9.30 Å². The molecule has 2 aromatic carbocycles. The van der Waals surface area contributed by atoms with Gasteiger partial charge in [0.1, 0.15) is 11.6 Å². The van der Waals surface area contributed by atoms with Gasteiger partial charge in [-0.05, 0) is 55.7 Å². The molecule has 1 heterocycles. The summed E-state index contributed by atoms with van der Waals surface area (Å²) in [6.45, 7) is 6.08. The summed E-state index contributed by atoms with van der Waals surface area (Å²) >= 11 is 1.46. The molecule has 1 aromatic heterocycles. The van der Waals surface area contributed by atoms with Crippen molar-refractivity contribution in [1.82, 2.24) is 14.8 Å². The van der Waals surface area contributed by atoms with E-state index in [1.54, 1.807) is 12.1 Å². The zero-order valence-electron chi connectivity index (χ0n) is 15.4. The monoisotopic (exact) mass is 371 g/mol. The SMILES string of the molecule is Cc1ccc(OC(C)c2nnc(SCc3ccccc3F)n2C)cc1C. The smallest absolute Gasteiger partial charge is 0.191 e. The lowest BCUT2D eigenvalue weighted by Crippen LogP contribution is -2.10. The molecule has 0 saturated carbocycles. The number of hydrogen-bond donors (Lipinski definition) is 0. The van der Waals surface area contributed by atoms with E-state index in [2.05, 4.69) is 24.0 Å². The summed E-state index contributed by atoms with van der Waals surface area (Å²) in [4.78, 5) is 0. The summed E-state index contributed by atoms with van der Waals surface area (Å²) in [5.41, 5.74) is 3.07. The first-order valence-corrected chi connectivity index (χ1v) is 9.43. The topological polar surface area (TPSA) is 39.9 Å². The summed E-state index contributed by atoms with van der Waals surface area (Å²) in [5, 5.41) is 9.22. The van der Waals surface area contributed by atoms with Crippen molar-refractivity contribution >= 4 is 11.8 Å². The van der Waals surface area contributed by atoms with E-state index in [9.17, 15) is 4.39 Å². The van der Waals surface area contributed by atoms with E-state index in [-0.39, 0.29) is 11.9 Å². The first-order valence-electron chi connectivity index (χ1n) is 8.45. The van der Waals surface area contributed by atoms with Crippen molar-refractivity contribution in [2.45, 2.75) is 37.8 Å². The van der Waals surface area contributed by atoms with Crippen LogP contribution in [-0.2, 0) is 12.8 Å². The van der Waals surface area contributed by atoms with Gasteiger partial charge in [-0.2, -0.15) is 0 Å². The molecule has 0 saturated heterocycles. The highest BCUT2D eigenvalue weighted by atomic mass is 32.2. The van der Waals surface area contributed by atoms with Crippen molar-refractivity contribution in [3.8, 4) is 5.75 Å². The minimum absolute atomic E-state index is 0.200. The number of aromatic nitrogens is 3. The molecular formula is C20H22FN3OS. The van der Waals surface area contributed by atoms with E-state index in [1.165, 1.54) is 29.0 Å². The van der Waals surface area contributed by atoms with Crippen molar-refractivity contribution < 1.29 is 9.13 Å². The quantitative estimate of drug-likeness (QED) is 0.572. The fourth-order valence-corrected chi connectivity index (χ4v) is 3.51. The Morgan fingerprint density at radius 1 is 1.12 bits per heavy atom. The molecule has 26 heavy (non-hydrogen) atoms. The van der Waals surface area contributed by atoms with Crippen molar-refractivity contribution in [2.24, 2.45) is 7.05 Å². The lowest BCUT2D eigenvalue weighted by Gasteiger charge is -2.15. The highest BCUT2D eigenvalue weighted by Crippen LogP contribution is 2.27. The molecule has 0 radical (unpaired) electrons. The van der Waals surface area contributed by atoms with Gasteiger partial charge in [0.2, 0.25) is 0 Å². The summed E-state index contributed by atoms with van der Waals surface area (Å²) in [7, 11) is 1.90. The minimum Gasteiger partial charge on any atom is -0.483 e. The highest BCUT2D eigenvalue weighted by Gasteiger charge is 2.18. The third kappa shape index (κ3) is 4.07. The van der Waals surface area contributed by atoms with Gasteiger partial charge in [0, 0.05) is 12.8 Å². The predicted octanol–water partition coefficient (Wildman–Crippen LogP) is 5.00. The Bertz CT molecular complexity index is 910. The largest absolute Gasteiger partial charge is 0.483 e. The van der Waals surface area contributed by atoms with Gasteiger partial charge in [0.25, 0.3) is 0 Å². The minimum atomic E-state index is -0.239. The van der Waals surface area contributed by atoms with Crippen LogP contribution >= 0.6 is 11.8 Å². The van der Waals surface area contributed by atoms with Crippen LogP contribution in [0.2, 0.25) is 0 Å². The third-order valence-electron chi connectivity index (χ3n) is 4.34. The Morgan fingerprint density at radius 3 is 2.62 bits per heavy atom. The molecule has 3 rings (SSSR count). The molecule has 0 bridgehead atoms. The molecule has 6 heteroatoms. The van der Waals surface area contributed by atoms with Gasteiger partial charge in [-0.25, -0.2) is 4.39 Å². The van der Waals surface area contributed by atoms with Gasteiger partial charge in [-0.1, -0.05) is 36.0 Å². The second kappa shape index (κ2) is 7.91. The number of ether oxygens (including phenoxy) is 1. The maximum Gasteiger partial charge on any atom is 0.191 e. The van der Waals surface area contributed by atoms with Gasteiger partial charge in [0.05, 0.1) is 0 Å². The van der Waals surface area contributed by atoms with Crippen LogP contribution in [0.25, 0.3) is 0 Å². The molecule has 0 aliphatic carbocycles. The number of thioether (sulfide) groups is 1. The Morgan fingerprint density at radius 2 is 1.88 bits per heavy atom. The first kappa shape index (κ1) is 18.5. The Kier molecular flexibility index (Phi) is 5.61. The Hall–Kier alpha value is -2.34. The van der Waals surface area contributed by atoms with Gasteiger partial charge in [0.15, 0.2) is 17.1 Å². The second-order valence-corrected chi connectivity index (χ2v) is 7.23. The molecule has 0 amide bonds. The van der Waals surface area contributed by atoms with Crippen LogP contribution in [0.5, 0.6) is 5.75 Å². The van der Waals surface area contributed by atoms with Crippen molar-refractivity contribution in [1.29, 1.82) is 0 Å². The number of halogens is 1. The lowest BCUT2D eigenvalue weighted by atomic mass is 10.1. The summed E-state index contributed by atoms with van der Waals surface area (Å²) in [5.74, 6) is 1.85. The van der Waals surface area contributed by atoms with Crippen LogP contribution in [0, 0.1) is 19.7 Å². The van der Waals surface area contributed by atoms with Crippen LogP contribution < -0.4 is 4.74 Å². The third-order valence-corrected chi connectivity index (χ3v) is 5.41. The lowest BCUT2D eigenvalue weighted by molar-refractivity contribution is 0.211. The summed E-state index contributed by atoms with van der Waals surface area (Å²) < 4.78 is 21.7. The normalized spacial score (nSPS) is 12.2. The maximum atomic E-state index is 13.8. The number of rotatable bonds is 6. The summed E-state index contributed by atoms with van der Waals surface area (Å²) in [6, 6.07) is 12.8. The standard InChI is InChI=1S/C20H22FN3OS/c1-13-9-10-17(11-14(13)2)25-15(3)19-22-23-20(24(19)4)26-12-16-7-5-6-8-18(16)21/h5-11,15H,12H2,1-4H3. The van der Waals surface area contributed by atoms with Gasteiger partial charge in [-0.3, -0.25) is 0 Å². The van der Waals surface area contributed by atoms with E-state index in [1.807, 2.05) is 42.8 Å². The number of aryl methyl sites for hydroxylation is 2. The number of nitrogens with zero attached hydrogens (tertiary/aromatic N) is 3. The predicted molar refractivity (Wildman–Crippen MR) is 102 cm³/mol. The van der Waals surface area contributed by atoms with Crippen molar-refractivity contribution in [3.63, 3.8) is 0 Å². The molecule has 0 spiro atoms. The molecule has 136 valence electrons. The zero-order chi connectivity index (χ0) is 18.7. The molecule has 1 atom stereocenters. The number of hydrogen-bond acceptors (Lipinski definition) is 4. The van der Waals surface area contributed by atoms with Gasteiger partial charge in [-0.15, -0.1) is 10.2 Å². The molecule has 4 nitrogen and oxygen atoms in total. The second-order valence-electron chi connectivity index (χ2n) is 6.29. The van der Waals surface area contributed by atoms with Crippen molar-refractivity contribution in [2.75, 3.05) is 0 Å². The molecule has 0 aliphatic rings. The van der Waals surface area contributed by atoms with Crippen LogP contribution in [0.3, 0.4) is 0 Å². The fraction of sp³-hybridized carbons (Fsp3) is 0.300.